The third kappa shape index (κ3) is 4.05. The van der Waals surface area contributed by atoms with Crippen molar-refractivity contribution < 1.29 is 0 Å². The summed E-state index contributed by atoms with van der Waals surface area (Å²) in [5.41, 5.74) is 9.47. The van der Waals surface area contributed by atoms with Gasteiger partial charge in [0.15, 0.2) is 0 Å². The van der Waals surface area contributed by atoms with Crippen molar-refractivity contribution in [3.63, 3.8) is 0 Å². The van der Waals surface area contributed by atoms with Gasteiger partial charge in [-0.25, -0.2) is 4.98 Å². The van der Waals surface area contributed by atoms with Crippen LogP contribution in [0.1, 0.15) is 39.8 Å². The molecule has 1 aromatic heterocycles. The highest BCUT2D eigenvalue weighted by Crippen LogP contribution is 2.27. The summed E-state index contributed by atoms with van der Waals surface area (Å²) >= 11 is 1.65. The average Bonchev–Trinajstić information content (AvgIpc) is 2.67. The van der Waals surface area contributed by atoms with E-state index in [4.69, 9.17) is 5.73 Å². The van der Waals surface area contributed by atoms with Gasteiger partial charge in [0.2, 0.25) is 0 Å². The molecule has 0 saturated heterocycles. The van der Waals surface area contributed by atoms with E-state index in [-0.39, 0.29) is 11.5 Å². The highest BCUT2D eigenvalue weighted by Gasteiger charge is 2.32. The van der Waals surface area contributed by atoms with E-state index in [9.17, 15) is 0 Å². The van der Waals surface area contributed by atoms with Crippen molar-refractivity contribution in [3.05, 3.63) is 16.6 Å². The molecule has 0 bridgehead atoms. The first kappa shape index (κ1) is 14.6. The van der Waals surface area contributed by atoms with Crippen LogP contribution in [0.15, 0.2) is 10.9 Å². The molecule has 2 atom stereocenters. The number of nitrogens with two attached hydrogens (primary N) is 1. The Bertz CT molecular complexity index is 316. The Hall–Kier alpha value is -0.450. The normalized spacial score (nSPS) is 16.2. The second-order valence-corrected chi connectivity index (χ2v) is 6.50. The molecule has 17 heavy (non-hydrogen) atoms. The minimum Gasteiger partial charge on any atom is -0.326 e. The lowest BCUT2D eigenvalue weighted by Gasteiger charge is -2.41. The zero-order valence-electron chi connectivity index (χ0n) is 11.6. The molecule has 0 aliphatic rings. The zero-order valence-corrected chi connectivity index (χ0v) is 12.4. The number of aromatic nitrogens is 1. The SMILES string of the molecule is CCC(N)C(N(C)Cc1cscn1)C(C)(C)C. The molecule has 1 rings (SSSR count). The number of hydrogen-bond donors (Lipinski definition) is 1. The Morgan fingerprint density at radius 3 is 2.53 bits per heavy atom. The van der Waals surface area contributed by atoms with E-state index in [0.29, 0.717) is 6.04 Å². The lowest BCUT2D eigenvalue weighted by molar-refractivity contribution is 0.0930. The molecule has 2 N–H and O–H groups in total. The fourth-order valence-corrected chi connectivity index (χ4v) is 3.07. The molecule has 0 aliphatic carbocycles. The van der Waals surface area contributed by atoms with Crippen LogP contribution in [0.2, 0.25) is 0 Å². The summed E-state index contributed by atoms with van der Waals surface area (Å²) in [6.45, 7) is 9.79. The molecule has 2 unspecified atom stereocenters. The molecule has 0 amide bonds. The molecule has 0 aromatic carbocycles. The fourth-order valence-electron chi connectivity index (χ4n) is 2.52. The van der Waals surface area contributed by atoms with Crippen molar-refractivity contribution in [3.8, 4) is 0 Å². The Balaban J connectivity index is 2.76. The molecule has 1 aromatic rings. The number of hydrogen-bond acceptors (Lipinski definition) is 4. The van der Waals surface area contributed by atoms with Crippen LogP contribution in [-0.2, 0) is 6.54 Å². The van der Waals surface area contributed by atoms with E-state index in [2.05, 4.69) is 50.0 Å². The van der Waals surface area contributed by atoms with Gasteiger partial charge < -0.3 is 5.73 Å². The lowest BCUT2D eigenvalue weighted by atomic mass is 9.80. The maximum Gasteiger partial charge on any atom is 0.0795 e. The monoisotopic (exact) mass is 255 g/mol. The van der Waals surface area contributed by atoms with Gasteiger partial charge in [-0.15, -0.1) is 11.3 Å². The molecule has 98 valence electrons. The van der Waals surface area contributed by atoms with Crippen LogP contribution >= 0.6 is 11.3 Å². The Morgan fingerprint density at radius 2 is 2.12 bits per heavy atom. The van der Waals surface area contributed by atoms with Crippen molar-refractivity contribution in [2.75, 3.05) is 7.05 Å². The first-order valence-electron chi connectivity index (χ1n) is 6.19. The topological polar surface area (TPSA) is 42.1 Å². The average molecular weight is 255 g/mol. The minimum absolute atomic E-state index is 0.181. The predicted octanol–water partition coefficient (Wildman–Crippen LogP) is 2.73. The number of rotatable bonds is 5. The first-order chi connectivity index (χ1) is 7.86. The zero-order chi connectivity index (χ0) is 13.1. The summed E-state index contributed by atoms with van der Waals surface area (Å²) in [5.74, 6) is 0. The molecule has 0 saturated carbocycles. The van der Waals surface area contributed by atoms with Gasteiger partial charge in [-0.1, -0.05) is 27.7 Å². The third-order valence-electron chi connectivity index (χ3n) is 3.13. The summed E-state index contributed by atoms with van der Waals surface area (Å²) < 4.78 is 0. The van der Waals surface area contributed by atoms with Crippen LogP contribution in [0.3, 0.4) is 0 Å². The summed E-state index contributed by atoms with van der Waals surface area (Å²) in [6, 6.07) is 0.577. The van der Waals surface area contributed by atoms with Crippen LogP contribution in [0.4, 0.5) is 0 Å². The van der Waals surface area contributed by atoms with Crippen molar-refractivity contribution in [1.29, 1.82) is 0 Å². The summed E-state index contributed by atoms with van der Waals surface area (Å²) in [6.07, 6.45) is 1.00. The van der Waals surface area contributed by atoms with Gasteiger partial charge in [-0.05, 0) is 18.9 Å². The van der Waals surface area contributed by atoms with Crippen molar-refractivity contribution in [2.45, 2.75) is 52.7 Å². The quantitative estimate of drug-likeness (QED) is 0.879. The van der Waals surface area contributed by atoms with E-state index in [1.165, 1.54) is 0 Å². The number of thiazole rings is 1. The largest absolute Gasteiger partial charge is 0.326 e. The smallest absolute Gasteiger partial charge is 0.0795 e. The molecule has 0 aliphatic heterocycles. The molecule has 3 nitrogen and oxygen atoms in total. The molecular formula is C13H25N3S. The van der Waals surface area contributed by atoms with E-state index in [1.807, 2.05) is 5.51 Å². The molecule has 0 spiro atoms. The molecule has 0 fully saturated rings. The molecule has 1 heterocycles. The maximum absolute atomic E-state index is 6.27. The number of likely N-dealkylation sites (N-methyl/N-ethyl adjacent to an activating group) is 1. The maximum atomic E-state index is 6.27. The Morgan fingerprint density at radius 1 is 1.47 bits per heavy atom. The summed E-state index contributed by atoms with van der Waals surface area (Å²) in [4.78, 5) is 6.68. The number of nitrogens with zero attached hydrogens (tertiary/aromatic N) is 2. The van der Waals surface area contributed by atoms with Gasteiger partial charge in [-0.2, -0.15) is 0 Å². The summed E-state index contributed by atoms with van der Waals surface area (Å²) in [7, 11) is 2.14. The van der Waals surface area contributed by atoms with Crippen LogP contribution in [-0.4, -0.2) is 29.0 Å². The molecular weight excluding hydrogens is 230 g/mol. The van der Waals surface area contributed by atoms with E-state index >= 15 is 0 Å². The predicted molar refractivity (Wildman–Crippen MR) is 75.1 cm³/mol. The van der Waals surface area contributed by atoms with Crippen molar-refractivity contribution >= 4 is 11.3 Å². The van der Waals surface area contributed by atoms with Crippen LogP contribution < -0.4 is 5.73 Å². The summed E-state index contributed by atoms with van der Waals surface area (Å²) in [5, 5.41) is 2.10. The molecule has 0 radical (unpaired) electrons. The van der Waals surface area contributed by atoms with E-state index in [1.54, 1.807) is 11.3 Å². The second-order valence-electron chi connectivity index (χ2n) is 5.78. The lowest BCUT2D eigenvalue weighted by Crippen LogP contribution is -2.52. The van der Waals surface area contributed by atoms with Crippen molar-refractivity contribution in [2.24, 2.45) is 11.1 Å². The highest BCUT2D eigenvalue weighted by atomic mass is 32.1. The van der Waals surface area contributed by atoms with E-state index in [0.717, 1.165) is 18.7 Å². The minimum atomic E-state index is 0.181. The van der Waals surface area contributed by atoms with Gasteiger partial charge in [0.05, 0.1) is 11.2 Å². The van der Waals surface area contributed by atoms with Gasteiger partial charge >= 0.3 is 0 Å². The Kier molecular flexibility index (Phi) is 5.10. The highest BCUT2D eigenvalue weighted by molar-refractivity contribution is 7.07. The van der Waals surface area contributed by atoms with Crippen molar-refractivity contribution in [1.82, 2.24) is 9.88 Å². The molecule has 4 heteroatoms. The van der Waals surface area contributed by atoms with Gasteiger partial charge in [-0.3, -0.25) is 4.90 Å². The van der Waals surface area contributed by atoms with Crippen LogP contribution in [0.5, 0.6) is 0 Å². The van der Waals surface area contributed by atoms with Crippen LogP contribution in [0, 0.1) is 5.41 Å². The van der Waals surface area contributed by atoms with Gasteiger partial charge in [0.1, 0.15) is 0 Å². The standard InChI is InChI=1S/C13H25N3S/c1-6-11(14)12(13(2,3)4)16(5)7-10-8-17-9-15-10/h8-9,11-12H,6-7,14H2,1-5H3. The fraction of sp³-hybridized carbons (Fsp3) is 0.769. The second kappa shape index (κ2) is 5.94. The Labute approximate surface area is 109 Å². The van der Waals surface area contributed by atoms with Crippen LogP contribution in [0.25, 0.3) is 0 Å². The van der Waals surface area contributed by atoms with E-state index < -0.39 is 0 Å². The van der Waals surface area contributed by atoms with Gasteiger partial charge in [0, 0.05) is 24.0 Å². The third-order valence-corrected chi connectivity index (χ3v) is 3.77. The first-order valence-corrected chi connectivity index (χ1v) is 7.13. The van der Waals surface area contributed by atoms with Gasteiger partial charge in [0.25, 0.3) is 0 Å².